The number of alkyl halides is 3. The second kappa shape index (κ2) is 10.5. The number of pyridine rings is 1. The zero-order valence-corrected chi connectivity index (χ0v) is 19.6. The number of nitrogens with zero attached hydrogens (tertiary/aromatic N) is 2. The molecule has 1 aliphatic heterocycles. The van der Waals surface area contributed by atoms with E-state index in [9.17, 15) is 27.9 Å². The fraction of sp³-hybridized carbons (Fsp3) is 0.519. The number of carbonyl (C=O) groups is 2. The Bertz CT molecular complexity index is 1030. The van der Waals surface area contributed by atoms with Gasteiger partial charge in [0.1, 0.15) is 0 Å². The molecule has 2 aliphatic rings. The smallest absolute Gasteiger partial charge is 0.385 e. The standard InChI is InChI=1S/C27H31F3N2O3/c28-27(29,30)23-3-1-2-21(17-23)24(33)4-5-25(34)32-15-10-20(18-32)16-19-6-11-26(35,12-7-19)22-8-13-31-14-9-22/h1-3,8-9,13-14,17,19-20,35H,4-7,10-12,15-16,18H2/t19?,20-,26?/m1/s1. The molecule has 0 spiro atoms. The molecule has 1 N–H and O–H groups in total. The van der Waals surface area contributed by atoms with Crippen molar-refractivity contribution in [3.63, 3.8) is 0 Å². The van der Waals surface area contributed by atoms with Crippen molar-refractivity contribution < 1.29 is 27.9 Å². The Morgan fingerprint density at radius 1 is 1.03 bits per heavy atom. The molecule has 188 valence electrons. The average Bonchev–Trinajstić information content (AvgIpc) is 3.32. The quantitative estimate of drug-likeness (QED) is 0.532. The largest absolute Gasteiger partial charge is 0.416 e. The van der Waals surface area contributed by atoms with Gasteiger partial charge in [-0.1, -0.05) is 12.1 Å². The Kier molecular flexibility index (Phi) is 7.59. The average molecular weight is 489 g/mol. The summed E-state index contributed by atoms with van der Waals surface area (Å²) in [5.41, 5.74) is -0.748. The van der Waals surface area contributed by atoms with Crippen LogP contribution in [0, 0.1) is 11.8 Å². The molecule has 1 aliphatic carbocycles. The van der Waals surface area contributed by atoms with Crippen LogP contribution in [0.2, 0.25) is 0 Å². The molecule has 4 rings (SSSR count). The summed E-state index contributed by atoms with van der Waals surface area (Å²) < 4.78 is 38.7. The van der Waals surface area contributed by atoms with Crippen LogP contribution in [-0.4, -0.2) is 39.8 Å². The van der Waals surface area contributed by atoms with Crippen LogP contribution < -0.4 is 0 Å². The first-order valence-corrected chi connectivity index (χ1v) is 12.3. The summed E-state index contributed by atoms with van der Waals surface area (Å²) in [5, 5.41) is 11.0. The Labute approximate surface area is 203 Å². The van der Waals surface area contributed by atoms with Crippen molar-refractivity contribution in [3.8, 4) is 0 Å². The van der Waals surface area contributed by atoms with Gasteiger partial charge in [-0.3, -0.25) is 14.6 Å². The topological polar surface area (TPSA) is 70.5 Å². The van der Waals surface area contributed by atoms with Gasteiger partial charge in [0.25, 0.3) is 0 Å². The highest BCUT2D eigenvalue weighted by atomic mass is 19.4. The Balaban J connectivity index is 1.21. The maximum atomic E-state index is 12.9. The van der Waals surface area contributed by atoms with Crippen LogP contribution >= 0.6 is 0 Å². The number of carbonyl (C=O) groups excluding carboxylic acids is 2. The molecule has 1 aromatic heterocycles. The van der Waals surface area contributed by atoms with Crippen LogP contribution in [0.1, 0.15) is 72.9 Å². The minimum Gasteiger partial charge on any atom is -0.385 e. The van der Waals surface area contributed by atoms with Gasteiger partial charge < -0.3 is 10.0 Å². The van der Waals surface area contributed by atoms with Crippen molar-refractivity contribution in [1.29, 1.82) is 0 Å². The molecule has 1 saturated heterocycles. The van der Waals surface area contributed by atoms with Crippen molar-refractivity contribution >= 4 is 11.7 Å². The van der Waals surface area contributed by atoms with E-state index in [1.807, 2.05) is 12.1 Å². The van der Waals surface area contributed by atoms with E-state index < -0.39 is 23.1 Å². The van der Waals surface area contributed by atoms with E-state index in [1.54, 1.807) is 17.3 Å². The highest BCUT2D eigenvalue weighted by Gasteiger charge is 2.37. The van der Waals surface area contributed by atoms with Crippen molar-refractivity contribution in [3.05, 3.63) is 65.5 Å². The number of aliphatic hydroxyl groups is 1. The third kappa shape index (κ3) is 6.28. The lowest BCUT2D eigenvalue weighted by Gasteiger charge is -2.37. The van der Waals surface area contributed by atoms with Crippen molar-refractivity contribution in [2.75, 3.05) is 13.1 Å². The number of hydrogen-bond donors (Lipinski definition) is 1. The molecule has 2 aromatic rings. The number of rotatable bonds is 7. The molecule has 1 aromatic carbocycles. The van der Waals surface area contributed by atoms with Crippen LogP contribution in [0.25, 0.3) is 0 Å². The van der Waals surface area contributed by atoms with E-state index in [4.69, 9.17) is 0 Å². The van der Waals surface area contributed by atoms with Crippen molar-refractivity contribution in [2.45, 2.75) is 63.1 Å². The number of aromatic nitrogens is 1. The summed E-state index contributed by atoms with van der Waals surface area (Å²) in [6, 6.07) is 8.09. The molecule has 2 heterocycles. The van der Waals surface area contributed by atoms with E-state index in [-0.39, 0.29) is 24.3 Å². The Morgan fingerprint density at radius 2 is 1.74 bits per heavy atom. The summed E-state index contributed by atoms with van der Waals surface area (Å²) in [7, 11) is 0. The summed E-state index contributed by atoms with van der Waals surface area (Å²) in [5.74, 6) is 0.336. The Morgan fingerprint density at radius 3 is 2.43 bits per heavy atom. The minimum atomic E-state index is -4.51. The fourth-order valence-electron chi connectivity index (χ4n) is 5.46. The number of benzene rings is 1. The number of likely N-dealkylation sites (tertiary alicyclic amines) is 1. The van der Waals surface area contributed by atoms with Gasteiger partial charge in [-0.25, -0.2) is 0 Å². The molecule has 1 atom stereocenters. The van der Waals surface area contributed by atoms with E-state index >= 15 is 0 Å². The zero-order chi connectivity index (χ0) is 25.1. The summed E-state index contributed by atoms with van der Waals surface area (Å²) in [6.07, 6.45) is 4.05. The highest BCUT2D eigenvalue weighted by Crippen LogP contribution is 2.42. The van der Waals surface area contributed by atoms with Crippen LogP contribution in [0.5, 0.6) is 0 Å². The molecule has 0 radical (unpaired) electrons. The Hall–Kier alpha value is -2.74. The summed E-state index contributed by atoms with van der Waals surface area (Å²) in [4.78, 5) is 30.8. The van der Waals surface area contributed by atoms with Gasteiger partial charge in [0.15, 0.2) is 5.78 Å². The fourth-order valence-corrected chi connectivity index (χ4v) is 5.46. The second-order valence-corrected chi connectivity index (χ2v) is 9.94. The van der Waals surface area contributed by atoms with Gasteiger partial charge in [0.2, 0.25) is 5.91 Å². The molecule has 35 heavy (non-hydrogen) atoms. The number of halogens is 3. The molecule has 5 nitrogen and oxygen atoms in total. The van der Waals surface area contributed by atoms with Gasteiger partial charge in [0, 0.05) is 43.9 Å². The first kappa shape index (κ1) is 25.4. The summed E-state index contributed by atoms with van der Waals surface area (Å²) in [6.45, 7) is 1.30. The van der Waals surface area contributed by atoms with E-state index in [0.29, 0.717) is 37.8 Å². The molecule has 8 heteroatoms. The zero-order valence-electron chi connectivity index (χ0n) is 19.6. The predicted molar refractivity (Wildman–Crippen MR) is 124 cm³/mol. The van der Waals surface area contributed by atoms with Gasteiger partial charge in [0.05, 0.1) is 11.2 Å². The van der Waals surface area contributed by atoms with Crippen molar-refractivity contribution in [1.82, 2.24) is 9.88 Å². The highest BCUT2D eigenvalue weighted by molar-refractivity contribution is 5.98. The van der Waals surface area contributed by atoms with Crippen LogP contribution in [0.4, 0.5) is 13.2 Å². The monoisotopic (exact) mass is 488 g/mol. The maximum Gasteiger partial charge on any atom is 0.416 e. The van der Waals surface area contributed by atoms with Gasteiger partial charge in [-0.15, -0.1) is 0 Å². The van der Waals surface area contributed by atoms with Crippen LogP contribution in [-0.2, 0) is 16.6 Å². The predicted octanol–water partition coefficient (Wildman–Crippen LogP) is 5.38. The first-order chi connectivity index (χ1) is 16.6. The number of Topliss-reactive ketones (excluding diaryl/α,β-unsaturated/α-hetero) is 1. The lowest BCUT2D eigenvalue weighted by Crippen LogP contribution is -2.32. The second-order valence-electron chi connectivity index (χ2n) is 9.94. The molecule has 2 fully saturated rings. The normalized spacial score (nSPS) is 25.0. The molecule has 0 unspecified atom stereocenters. The number of amides is 1. The lowest BCUT2D eigenvalue weighted by atomic mass is 9.73. The van der Waals surface area contributed by atoms with Crippen molar-refractivity contribution in [2.24, 2.45) is 11.8 Å². The molecular formula is C27H31F3N2O3. The van der Waals surface area contributed by atoms with Gasteiger partial charge in [-0.2, -0.15) is 13.2 Å². The molecular weight excluding hydrogens is 457 g/mol. The first-order valence-electron chi connectivity index (χ1n) is 12.3. The van der Waals surface area contributed by atoms with E-state index in [1.165, 1.54) is 12.1 Å². The molecule has 0 bridgehead atoms. The third-order valence-corrected chi connectivity index (χ3v) is 7.53. The molecule has 1 amide bonds. The van der Waals surface area contributed by atoms with E-state index in [0.717, 1.165) is 43.4 Å². The van der Waals surface area contributed by atoms with Gasteiger partial charge in [-0.05, 0) is 80.2 Å². The van der Waals surface area contributed by atoms with Crippen LogP contribution in [0.3, 0.4) is 0 Å². The minimum absolute atomic E-state index is 0.00416. The number of hydrogen-bond acceptors (Lipinski definition) is 4. The van der Waals surface area contributed by atoms with Gasteiger partial charge >= 0.3 is 6.18 Å². The van der Waals surface area contributed by atoms with E-state index in [2.05, 4.69) is 4.98 Å². The number of ketones is 1. The van der Waals surface area contributed by atoms with Crippen LogP contribution in [0.15, 0.2) is 48.8 Å². The SMILES string of the molecule is O=C(CCC(=O)N1CC[C@H](CC2CCC(O)(c3ccncc3)CC2)C1)c1cccc(C(F)(F)F)c1. The third-order valence-electron chi connectivity index (χ3n) is 7.53. The lowest BCUT2D eigenvalue weighted by molar-refractivity contribution is -0.137. The summed E-state index contributed by atoms with van der Waals surface area (Å²) >= 11 is 0. The maximum absolute atomic E-state index is 12.9. The molecule has 1 saturated carbocycles.